The number of rotatable bonds is 4. The molecule has 0 unspecified atom stereocenters. The molecule has 6 heteroatoms. The van der Waals surface area contributed by atoms with Crippen LogP contribution in [0.2, 0.25) is 0 Å². The van der Waals surface area contributed by atoms with Gasteiger partial charge < -0.3 is 9.64 Å². The number of aromatic nitrogens is 3. The molecule has 2 aromatic heterocycles. The molecule has 0 saturated carbocycles. The largest absolute Gasteiger partial charge is 0.464 e. The maximum absolute atomic E-state index is 12.4. The van der Waals surface area contributed by atoms with Gasteiger partial charge in [0.25, 0.3) is 0 Å². The van der Waals surface area contributed by atoms with E-state index in [1.807, 2.05) is 55.3 Å². The van der Waals surface area contributed by atoms with Gasteiger partial charge in [-0.05, 0) is 49.6 Å². The number of carbonyl (C=O) groups is 1. The molecular formula is C24H24N4O2. The van der Waals surface area contributed by atoms with Gasteiger partial charge in [-0.2, -0.15) is 9.61 Å². The highest BCUT2D eigenvalue weighted by atomic mass is 16.5. The number of nitrogens with zero attached hydrogens (tertiary/aromatic N) is 4. The fourth-order valence-corrected chi connectivity index (χ4v) is 3.84. The quantitative estimate of drug-likeness (QED) is 0.457. The van der Waals surface area contributed by atoms with E-state index in [0.29, 0.717) is 5.65 Å². The second kappa shape index (κ2) is 7.63. The number of ether oxygens (including phenoxy) is 1. The zero-order valence-electron chi connectivity index (χ0n) is 17.8. The smallest absolute Gasteiger partial charge is 0.356 e. The minimum atomic E-state index is -0.480. The molecule has 0 atom stereocenters. The van der Waals surface area contributed by atoms with Crippen LogP contribution in [-0.4, -0.2) is 34.7 Å². The number of fused-ring (bicyclic) bond motifs is 1. The van der Waals surface area contributed by atoms with E-state index in [0.717, 1.165) is 39.5 Å². The molecule has 0 aliphatic carbocycles. The Morgan fingerprint density at radius 2 is 1.63 bits per heavy atom. The van der Waals surface area contributed by atoms with Crippen molar-refractivity contribution in [1.82, 2.24) is 14.6 Å². The zero-order valence-corrected chi connectivity index (χ0v) is 17.8. The molecule has 2 heterocycles. The zero-order chi connectivity index (χ0) is 21.4. The Bertz CT molecular complexity index is 1230. The van der Waals surface area contributed by atoms with E-state index in [2.05, 4.69) is 31.0 Å². The van der Waals surface area contributed by atoms with Gasteiger partial charge in [0.1, 0.15) is 5.82 Å². The van der Waals surface area contributed by atoms with E-state index in [1.165, 1.54) is 7.11 Å². The molecule has 2 aromatic carbocycles. The van der Waals surface area contributed by atoms with Crippen molar-refractivity contribution in [3.63, 3.8) is 0 Å². The highest BCUT2D eigenvalue weighted by molar-refractivity contribution is 5.92. The van der Waals surface area contributed by atoms with Crippen LogP contribution in [-0.2, 0) is 4.74 Å². The summed E-state index contributed by atoms with van der Waals surface area (Å²) in [6.07, 6.45) is 0. The van der Waals surface area contributed by atoms with Gasteiger partial charge >= 0.3 is 5.97 Å². The third-order valence-corrected chi connectivity index (χ3v) is 5.36. The summed E-state index contributed by atoms with van der Waals surface area (Å²) in [5, 5.41) is 4.80. The minimum Gasteiger partial charge on any atom is -0.464 e. The van der Waals surface area contributed by atoms with Crippen molar-refractivity contribution in [2.75, 3.05) is 19.1 Å². The van der Waals surface area contributed by atoms with E-state index in [4.69, 9.17) is 9.84 Å². The highest BCUT2D eigenvalue weighted by Gasteiger charge is 2.23. The maximum Gasteiger partial charge on any atom is 0.356 e. The number of benzene rings is 2. The first kappa shape index (κ1) is 19.6. The first-order valence-corrected chi connectivity index (χ1v) is 9.76. The predicted molar refractivity (Wildman–Crippen MR) is 118 cm³/mol. The summed E-state index contributed by atoms with van der Waals surface area (Å²) in [6, 6.07) is 17.8. The van der Waals surface area contributed by atoms with E-state index in [9.17, 15) is 4.79 Å². The Morgan fingerprint density at radius 3 is 2.27 bits per heavy atom. The van der Waals surface area contributed by atoms with Crippen LogP contribution in [0.5, 0.6) is 0 Å². The molecule has 0 saturated heterocycles. The molecule has 4 rings (SSSR count). The second-order valence-corrected chi connectivity index (χ2v) is 7.35. The standard InChI is InChI=1S/C24H24N4O2/c1-15-10-9-11-16(2)21(15)22-17(3)26-28-20(27(4)18-12-7-6-8-13-18)14-19(24(29)30-5)25-23(22)28/h6-14H,1-5H3. The van der Waals surface area contributed by atoms with Gasteiger partial charge in [0.15, 0.2) is 11.3 Å². The van der Waals surface area contributed by atoms with Crippen molar-refractivity contribution in [2.45, 2.75) is 20.8 Å². The van der Waals surface area contributed by atoms with E-state index in [-0.39, 0.29) is 5.69 Å². The number of methoxy groups -OCH3 is 1. The molecule has 4 aromatic rings. The SMILES string of the molecule is COC(=O)c1cc(N(C)c2ccccc2)n2nc(C)c(-c3c(C)cccc3C)c2n1. The Morgan fingerprint density at radius 1 is 0.967 bits per heavy atom. The summed E-state index contributed by atoms with van der Waals surface area (Å²) in [7, 11) is 3.31. The summed E-state index contributed by atoms with van der Waals surface area (Å²) < 4.78 is 6.78. The average Bonchev–Trinajstić information content (AvgIpc) is 3.08. The van der Waals surface area contributed by atoms with Crippen LogP contribution in [0.4, 0.5) is 11.5 Å². The number of hydrogen-bond acceptors (Lipinski definition) is 5. The summed E-state index contributed by atoms with van der Waals surface area (Å²) >= 11 is 0. The van der Waals surface area contributed by atoms with E-state index >= 15 is 0 Å². The Labute approximate surface area is 175 Å². The first-order chi connectivity index (χ1) is 14.4. The third kappa shape index (κ3) is 3.20. The molecule has 0 spiro atoms. The van der Waals surface area contributed by atoms with Crippen LogP contribution >= 0.6 is 0 Å². The van der Waals surface area contributed by atoms with E-state index in [1.54, 1.807) is 10.6 Å². The van der Waals surface area contributed by atoms with Crippen LogP contribution in [0.25, 0.3) is 16.8 Å². The maximum atomic E-state index is 12.4. The van der Waals surface area contributed by atoms with Crippen LogP contribution in [0.1, 0.15) is 27.3 Å². The van der Waals surface area contributed by atoms with Gasteiger partial charge in [-0.1, -0.05) is 36.4 Å². The van der Waals surface area contributed by atoms with Crippen molar-refractivity contribution in [3.8, 4) is 11.1 Å². The molecule has 0 fully saturated rings. The number of anilines is 2. The molecule has 152 valence electrons. The van der Waals surface area contributed by atoms with Crippen LogP contribution in [0.15, 0.2) is 54.6 Å². The molecule has 0 aliphatic rings. The van der Waals surface area contributed by atoms with Gasteiger partial charge in [0.05, 0.1) is 18.4 Å². The highest BCUT2D eigenvalue weighted by Crippen LogP contribution is 2.35. The molecule has 6 nitrogen and oxygen atoms in total. The van der Waals surface area contributed by atoms with E-state index < -0.39 is 5.97 Å². The molecular weight excluding hydrogens is 376 g/mol. The van der Waals surface area contributed by atoms with Gasteiger partial charge in [0.2, 0.25) is 0 Å². The summed E-state index contributed by atoms with van der Waals surface area (Å²) in [4.78, 5) is 19.1. The predicted octanol–water partition coefficient (Wildman–Crippen LogP) is 4.88. The van der Waals surface area contributed by atoms with Crippen molar-refractivity contribution >= 4 is 23.1 Å². The number of para-hydroxylation sites is 1. The normalized spacial score (nSPS) is 11.0. The molecule has 0 radical (unpaired) electrons. The first-order valence-electron chi connectivity index (χ1n) is 9.76. The van der Waals surface area contributed by atoms with Gasteiger partial charge in [0, 0.05) is 18.8 Å². The molecule has 0 amide bonds. The van der Waals surface area contributed by atoms with Crippen molar-refractivity contribution in [3.05, 3.63) is 77.1 Å². The third-order valence-electron chi connectivity index (χ3n) is 5.36. The monoisotopic (exact) mass is 400 g/mol. The lowest BCUT2D eigenvalue weighted by Crippen LogP contribution is -2.17. The molecule has 30 heavy (non-hydrogen) atoms. The fraction of sp³-hybridized carbons (Fsp3) is 0.208. The Hall–Kier alpha value is -3.67. The van der Waals surface area contributed by atoms with Crippen molar-refractivity contribution in [2.24, 2.45) is 0 Å². The molecule has 0 bridgehead atoms. The summed E-state index contributed by atoms with van der Waals surface area (Å²) in [6.45, 7) is 6.12. The van der Waals surface area contributed by atoms with Gasteiger partial charge in [-0.3, -0.25) is 0 Å². The van der Waals surface area contributed by atoms with Crippen LogP contribution < -0.4 is 4.90 Å². The Kier molecular flexibility index (Phi) is 4.99. The lowest BCUT2D eigenvalue weighted by atomic mass is 9.96. The molecule has 0 N–H and O–H groups in total. The number of hydrogen-bond donors (Lipinski definition) is 0. The van der Waals surface area contributed by atoms with Crippen LogP contribution in [0.3, 0.4) is 0 Å². The number of esters is 1. The fourth-order valence-electron chi connectivity index (χ4n) is 3.84. The number of aryl methyl sites for hydroxylation is 3. The topological polar surface area (TPSA) is 59.7 Å². The van der Waals surface area contributed by atoms with Gasteiger partial charge in [-0.15, -0.1) is 0 Å². The minimum absolute atomic E-state index is 0.246. The average molecular weight is 400 g/mol. The summed E-state index contributed by atoms with van der Waals surface area (Å²) in [5.41, 5.74) is 6.99. The van der Waals surface area contributed by atoms with Crippen LogP contribution in [0, 0.1) is 20.8 Å². The lowest BCUT2D eigenvalue weighted by molar-refractivity contribution is 0.0594. The van der Waals surface area contributed by atoms with Crippen molar-refractivity contribution in [1.29, 1.82) is 0 Å². The summed E-state index contributed by atoms with van der Waals surface area (Å²) in [5.74, 6) is 0.249. The Balaban J connectivity index is 2.05. The lowest BCUT2D eigenvalue weighted by Gasteiger charge is -2.20. The van der Waals surface area contributed by atoms with Gasteiger partial charge in [-0.25, -0.2) is 9.78 Å². The van der Waals surface area contributed by atoms with Crippen molar-refractivity contribution < 1.29 is 9.53 Å². The number of carbonyl (C=O) groups excluding carboxylic acids is 1. The second-order valence-electron chi connectivity index (χ2n) is 7.35. The molecule has 0 aliphatic heterocycles.